The summed E-state index contributed by atoms with van der Waals surface area (Å²) in [6.45, 7) is 9.19. The zero-order valence-electron chi connectivity index (χ0n) is 38.4. The van der Waals surface area contributed by atoms with E-state index in [1.807, 2.05) is 44.2 Å². The van der Waals surface area contributed by atoms with Crippen LogP contribution in [0.5, 0.6) is 23.0 Å². The lowest BCUT2D eigenvalue weighted by Crippen LogP contribution is -2.42. The zero-order valence-corrected chi connectivity index (χ0v) is 41.7. The van der Waals surface area contributed by atoms with Crippen LogP contribution in [0.4, 0.5) is 11.4 Å². The van der Waals surface area contributed by atoms with Gasteiger partial charge in [0, 0.05) is 37.7 Å². The second-order valence-corrected chi connectivity index (χ2v) is 21.7. The van der Waals surface area contributed by atoms with Crippen LogP contribution in [0.3, 0.4) is 0 Å². The van der Waals surface area contributed by atoms with Gasteiger partial charge in [0.15, 0.2) is 23.0 Å². The zero-order chi connectivity index (χ0) is 47.8. The van der Waals surface area contributed by atoms with E-state index in [2.05, 4.69) is 19.2 Å². The summed E-state index contributed by atoms with van der Waals surface area (Å²) in [5, 5.41) is 27.9. The highest BCUT2D eigenvalue weighted by atomic mass is 32.2. The summed E-state index contributed by atoms with van der Waals surface area (Å²) in [6, 6.07) is 13.8. The number of hydrogen-bond acceptors (Lipinski definition) is 15. The average molecular weight is 988 g/mol. The fourth-order valence-corrected chi connectivity index (χ4v) is 13.9. The number of carbonyl (C=O) groups excluding carboxylic acids is 3. The number of nitro benzene ring substituents is 2. The third-order valence-corrected chi connectivity index (χ3v) is 16.7. The molecule has 3 amide bonds. The van der Waals surface area contributed by atoms with Crippen molar-refractivity contribution in [2.24, 2.45) is 0 Å². The number of nitrogens with one attached hydrogen (secondary N) is 1. The van der Waals surface area contributed by atoms with Crippen molar-refractivity contribution in [3.05, 3.63) is 91.5 Å². The van der Waals surface area contributed by atoms with E-state index in [0.717, 1.165) is 41.4 Å². The molecule has 2 heterocycles. The van der Waals surface area contributed by atoms with Gasteiger partial charge < -0.3 is 34.1 Å². The molecular weight excluding hydrogens is 927 g/mol. The van der Waals surface area contributed by atoms with Gasteiger partial charge in [-0.1, -0.05) is 58.0 Å². The van der Waals surface area contributed by atoms with Crippen LogP contribution >= 0.6 is 47.0 Å². The van der Waals surface area contributed by atoms with Gasteiger partial charge in [0.1, 0.15) is 17.7 Å². The smallest absolute Gasteiger partial charge is 0.286 e. The van der Waals surface area contributed by atoms with Crippen molar-refractivity contribution in [2.45, 2.75) is 100 Å². The Hall–Kier alpha value is -4.53. The number of thioether (sulfide) groups is 4. The maximum Gasteiger partial charge on any atom is 0.286 e. The summed E-state index contributed by atoms with van der Waals surface area (Å²) in [5.41, 5.74) is -0.0893. The van der Waals surface area contributed by atoms with Crippen molar-refractivity contribution in [1.29, 1.82) is 0 Å². The van der Waals surface area contributed by atoms with Gasteiger partial charge in [-0.25, -0.2) is 0 Å². The van der Waals surface area contributed by atoms with Crippen molar-refractivity contribution >= 4 is 76.1 Å². The van der Waals surface area contributed by atoms with Crippen molar-refractivity contribution in [1.82, 2.24) is 15.1 Å². The number of nitrogens with zero attached hydrogens (tertiary/aromatic N) is 4. The molecule has 360 valence electrons. The second-order valence-electron chi connectivity index (χ2n) is 15.4. The fourth-order valence-electron chi connectivity index (χ4n) is 8.19. The molecule has 1 N–H and O–H groups in total. The van der Waals surface area contributed by atoms with Crippen LogP contribution in [0.25, 0.3) is 0 Å². The van der Waals surface area contributed by atoms with E-state index in [1.165, 1.54) is 38.5 Å². The Kier molecular flexibility index (Phi) is 20.8. The Morgan fingerprint density at radius 1 is 0.727 bits per heavy atom. The maximum atomic E-state index is 14.5. The first-order chi connectivity index (χ1) is 31.9. The summed E-state index contributed by atoms with van der Waals surface area (Å²) < 4.78 is 23.1. The quantitative estimate of drug-likeness (QED) is 0.0346. The normalized spacial score (nSPS) is 17.0. The lowest BCUT2D eigenvalue weighted by atomic mass is 10.1. The first kappa shape index (κ1) is 52.4. The molecule has 0 aliphatic carbocycles. The standard InChI is InChI=1S/C46H61N5O11S4/c1-7-63-45(64-8-2)34-19-16-21-48(34)43(53)32-24-38(59-5)40(26-35(32)50(55)56)61-22-15-14-20-42(52)47-31-23-37(46(65-9-3)66-10-4)49(28-31)44(54)33-25-39(60-6)41(27-36(33)51(57)58)62-29-30-17-12-11-13-18-30/h11-13,17-18,24-27,31,34,37,45-46H,7-10,14-16,19-23,28-29H2,1-6H3,(H,47,52)/t31-,34-,37-/m0/s1. The number of benzene rings is 3. The predicted molar refractivity (Wildman–Crippen MR) is 265 cm³/mol. The van der Waals surface area contributed by atoms with Crippen LogP contribution in [0.1, 0.15) is 92.5 Å². The molecule has 0 bridgehead atoms. The number of unbranched alkanes of at least 4 members (excludes halogenated alkanes) is 1. The molecule has 3 aromatic rings. The molecule has 5 rings (SSSR count). The number of hydrogen-bond donors (Lipinski definition) is 1. The molecule has 2 aliphatic rings. The summed E-state index contributed by atoms with van der Waals surface area (Å²) in [7, 11) is 2.83. The van der Waals surface area contributed by atoms with Crippen LogP contribution < -0.4 is 24.3 Å². The van der Waals surface area contributed by atoms with Gasteiger partial charge in [0.05, 0.1) is 64.1 Å². The minimum Gasteiger partial charge on any atom is -0.493 e. The molecule has 2 saturated heterocycles. The molecule has 3 atom stereocenters. The molecule has 0 aromatic heterocycles. The van der Waals surface area contributed by atoms with Crippen LogP contribution in [0.15, 0.2) is 54.6 Å². The molecule has 20 heteroatoms. The third kappa shape index (κ3) is 13.6. The summed E-state index contributed by atoms with van der Waals surface area (Å²) in [6.07, 6.45) is 3.13. The molecule has 16 nitrogen and oxygen atoms in total. The fraction of sp³-hybridized carbons (Fsp3) is 0.543. The third-order valence-electron chi connectivity index (χ3n) is 11.2. The van der Waals surface area contributed by atoms with Gasteiger partial charge in [-0.3, -0.25) is 34.6 Å². The van der Waals surface area contributed by atoms with E-state index < -0.39 is 33.4 Å². The van der Waals surface area contributed by atoms with Crippen LogP contribution in [0.2, 0.25) is 0 Å². The van der Waals surface area contributed by atoms with Crippen molar-refractivity contribution in [2.75, 3.05) is 56.9 Å². The minimum absolute atomic E-state index is 0.0389. The Balaban J connectivity index is 1.23. The maximum absolute atomic E-state index is 14.5. The number of likely N-dealkylation sites (tertiary alicyclic amines) is 2. The SMILES string of the molecule is CCSC(SCC)[C@@H]1CCCN1C(=O)c1cc(OC)c(OCCCCC(=O)N[C@H]2C[C@@H](C(SCC)SCC)N(C(=O)c3cc(OC)c(OCc4ccccc4)cc3[N+](=O)[O-])C2)cc1[N+](=O)[O-]. The van der Waals surface area contributed by atoms with Crippen molar-refractivity contribution in [3.63, 3.8) is 0 Å². The lowest BCUT2D eigenvalue weighted by molar-refractivity contribution is -0.385. The summed E-state index contributed by atoms with van der Waals surface area (Å²) in [5.74, 6) is 2.86. The van der Waals surface area contributed by atoms with Crippen molar-refractivity contribution < 1.29 is 43.2 Å². The van der Waals surface area contributed by atoms with E-state index in [4.69, 9.17) is 18.9 Å². The molecule has 3 aromatic carbocycles. The Morgan fingerprint density at radius 2 is 1.26 bits per heavy atom. The number of rotatable bonds is 26. The van der Waals surface area contributed by atoms with Crippen LogP contribution in [-0.4, -0.2) is 122 Å². The van der Waals surface area contributed by atoms with Crippen molar-refractivity contribution in [3.8, 4) is 23.0 Å². The van der Waals surface area contributed by atoms with Gasteiger partial charge in [-0.05, 0) is 60.7 Å². The molecule has 2 fully saturated rings. The minimum atomic E-state index is -0.595. The van der Waals surface area contributed by atoms with E-state index >= 15 is 0 Å². The number of amides is 3. The van der Waals surface area contributed by atoms with Gasteiger partial charge >= 0.3 is 0 Å². The topological polar surface area (TPSA) is 193 Å². The largest absolute Gasteiger partial charge is 0.493 e. The average Bonchev–Trinajstić information content (AvgIpc) is 3.98. The van der Waals surface area contributed by atoms with E-state index in [0.29, 0.717) is 25.8 Å². The highest BCUT2D eigenvalue weighted by Gasteiger charge is 2.43. The molecule has 0 saturated carbocycles. The Morgan fingerprint density at radius 3 is 1.79 bits per heavy atom. The number of carbonyl (C=O) groups is 3. The highest BCUT2D eigenvalue weighted by Crippen LogP contribution is 2.42. The first-order valence-electron chi connectivity index (χ1n) is 22.3. The molecule has 0 unspecified atom stereocenters. The monoisotopic (exact) mass is 987 g/mol. The summed E-state index contributed by atoms with van der Waals surface area (Å²) in [4.78, 5) is 68.8. The summed E-state index contributed by atoms with van der Waals surface area (Å²) >= 11 is 6.96. The van der Waals surface area contributed by atoms with Gasteiger partial charge in [-0.15, -0.1) is 47.0 Å². The van der Waals surface area contributed by atoms with Crippen LogP contribution in [0, 0.1) is 20.2 Å². The Labute approximate surface area is 404 Å². The second kappa shape index (κ2) is 26.1. The van der Waals surface area contributed by atoms with E-state index in [9.17, 15) is 34.6 Å². The van der Waals surface area contributed by atoms with E-state index in [1.54, 1.807) is 56.8 Å². The van der Waals surface area contributed by atoms with Gasteiger partial charge in [0.2, 0.25) is 5.91 Å². The molecule has 0 radical (unpaired) electrons. The van der Waals surface area contributed by atoms with Gasteiger partial charge in [-0.2, -0.15) is 0 Å². The molecule has 0 spiro atoms. The molecule has 2 aliphatic heterocycles. The number of ether oxygens (including phenoxy) is 4. The highest BCUT2D eigenvalue weighted by molar-refractivity contribution is 8.17. The van der Waals surface area contributed by atoms with Gasteiger partial charge in [0.25, 0.3) is 23.2 Å². The van der Waals surface area contributed by atoms with E-state index in [-0.39, 0.29) is 93.1 Å². The molecular formula is C46H61N5O11S4. The van der Waals surface area contributed by atoms with Crippen LogP contribution in [-0.2, 0) is 11.4 Å². The number of methoxy groups -OCH3 is 2. The number of nitro groups is 2. The predicted octanol–water partition coefficient (Wildman–Crippen LogP) is 9.32. The lowest BCUT2D eigenvalue weighted by Gasteiger charge is -2.31. The first-order valence-corrected chi connectivity index (χ1v) is 26.5. The molecule has 66 heavy (non-hydrogen) atoms. The Bertz CT molecular complexity index is 2130.